The minimum atomic E-state index is -2.93. The van der Waals surface area contributed by atoms with Gasteiger partial charge in [-0.05, 0) is 44.1 Å². The van der Waals surface area contributed by atoms with Crippen LogP contribution in [0.1, 0.15) is 35.1 Å². The summed E-state index contributed by atoms with van der Waals surface area (Å²) >= 11 is 0. The number of likely N-dealkylation sites (N-methyl/N-ethyl adjacent to an activating group) is 1. The quantitative estimate of drug-likeness (QED) is 0.183. The van der Waals surface area contributed by atoms with Gasteiger partial charge in [0.05, 0.1) is 23.6 Å². The highest BCUT2D eigenvalue weighted by Gasteiger charge is 2.68. The molecular formula is C31H35N3O8. The molecule has 0 radical (unpaired) electrons. The number of carbonyl (C=O) groups is 3. The smallest absolute Gasteiger partial charge is 0.255 e. The first-order valence-electron chi connectivity index (χ1n) is 13.8. The fraction of sp³-hybridized carbons (Fsp3) is 0.387. The highest BCUT2D eigenvalue weighted by molar-refractivity contribution is 6.24. The van der Waals surface area contributed by atoms with Crippen molar-refractivity contribution in [2.45, 2.75) is 43.6 Å². The van der Waals surface area contributed by atoms with Crippen molar-refractivity contribution in [3.8, 4) is 5.75 Å². The number of carbonyl (C=O) groups excluding carboxylic acids is 3. The van der Waals surface area contributed by atoms with Gasteiger partial charge in [0, 0.05) is 23.6 Å². The Morgan fingerprint density at radius 1 is 1.07 bits per heavy atom. The van der Waals surface area contributed by atoms with Gasteiger partial charge in [0.1, 0.15) is 22.8 Å². The molecule has 3 aliphatic rings. The number of aliphatic hydroxyl groups is 4. The highest BCUT2D eigenvalue weighted by Crippen LogP contribution is 2.56. The number of nitrogens with one attached hydrogen (secondary N) is 1. The monoisotopic (exact) mass is 577 g/mol. The number of nitrogens with two attached hydrogens (primary N) is 1. The van der Waals surface area contributed by atoms with Crippen LogP contribution in [0.2, 0.25) is 0 Å². The molecule has 5 rings (SSSR count). The second-order valence-corrected chi connectivity index (χ2v) is 11.5. The van der Waals surface area contributed by atoms with Crippen LogP contribution in [0, 0.1) is 11.8 Å². The number of Topliss-reactive ketones (excluding diaryl/α,β-unsaturated/α-hetero) is 2. The van der Waals surface area contributed by atoms with E-state index in [1.54, 1.807) is 19.1 Å². The van der Waals surface area contributed by atoms with E-state index in [2.05, 4.69) is 5.32 Å². The van der Waals surface area contributed by atoms with Crippen LogP contribution in [0.3, 0.4) is 0 Å². The largest absolute Gasteiger partial charge is 0.508 e. The molecule has 6 atom stereocenters. The van der Waals surface area contributed by atoms with Crippen LogP contribution in [0.4, 0.5) is 0 Å². The molecule has 8 N–H and O–H groups in total. The van der Waals surface area contributed by atoms with Gasteiger partial charge in [0.15, 0.2) is 11.4 Å². The Morgan fingerprint density at radius 3 is 2.36 bits per heavy atom. The summed E-state index contributed by atoms with van der Waals surface area (Å²) in [5, 5.41) is 60.4. The van der Waals surface area contributed by atoms with E-state index in [0.29, 0.717) is 17.7 Å². The molecule has 0 bridgehead atoms. The minimum absolute atomic E-state index is 0.0200. The Labute approximate surface area is 242 Å². The first-order valence-corrected chi connectivity index (χ1v) is 13.8. The standard InChI is InChI=1S/C31H35N3O8/c1-14-17-10-9-16(13-33-12-11-15-7-5-4-6-8-15)24(35)19(17)25(36)20-18(14)26(37)22-23(34(2)3)27(38)21(30(32)41)29(40)31(22,42)28(20)39/h4-10,14,18,22-23,26,33,35-37,40,42H,11-13H2,1-3H3,(H2,32,41)/t14-,18+,22+,23-,26-,31-/m0/s1. The first-order chi connectivity index (χ1) is 19.8. The van der Waals surface area contributed by atoms with Gasteiger partial charge >= 0.3 is 0 Å². The third-order valence-electron chi connectivity index (χ3n) is 8.96. The second kappa shape index (κ2) is 10.7. The summed E-state index contributed by atoms with van der Waals surface area (Å²) < 4.78 is 0. The third kappa shape index (κ3) is 4.23. The van der Waals surface area contributed by atoms with E-state index in [1.807, 2.05) is 30.3 Å². The molecule has 0 spiro atoms. The zero-order chi connectivity index (χ0) is 30.7. The van der Waals surface area contributed by atoms with Crippen LogP contribution < -0.4 is 11.1 Å². The lowest BCUT2D eigenvalue weighted by Crippen LogP contribution is -2.70. The van der Waals surface area contributed by atoms with E-state index in [0.717, 1.165) is 12.0 Å². The van der Waals surface area contributed by atoms with Crippen molar-refractivity contribution in [2.75, 3.05) is 20.6 Å². The van der Waals surface area contributed by atoms with E-state index < -0.39 is 75.6 Å². The van der Waals surface area contributed by atoms with Crippen LogP contribution in [-0.2, 0) is 27.3 Å². The van der Waals surface area contributed by atoms with Crippen molar-refractivity contribution < 1.29 is 39.9 Å². The summed E-state index contributed by atoms with van der Waals surface area (Å²) in [6.45, 7) is 2.58. The molecule has 11 nitrogen and oxygen atoms in total. The molecule has 42 heavy (non-hydrogen) atoms. The predicted molar refractivity (Wildman–Crippen MR) is 152 cm³/mol. The topological polar surface area (TPSA) is 194 Å². The molecule has 222 valence electrons. The number of fused-ring (bicyclic) bond motifs is 3. The van der Waals surface area contributed by atoms with Gasteiger partial charge in [0.25, 0.3) is 5.91 Å². The van der Waals surface area contributed by atoms with E-state index >= 15 is 0 Å². The summed E-state index contributed by atoms with van der Waals surface area (Å²) in [6.07, 6.45) is -0.865. The Bertz CT molecular complexity index is 1530. The normalized spacial score (nSPS) is 29.0. The molecule has 2 aromatic carbocycles. The molecule has 1 saturated carbocycles. The Hall–Kier alpha value is -4.03. The van der Waals surface area contributed by atoms with Crippen molar-refractivity contribution in [2.24, 2.45) is 17.6 Å². The Kier molecular flexibility index (Phi) is 7.48. The number of benzene rings is 2. The maximum absolute atomic E-state index is 14.1. The summed E-state index contributed by atoms with van der Waals surface area (Å²) in [4.78, 5) is 40.8. The summed E-state index contributed by atoms with van der Waals surface area (Å²) in [5.74, 6) is -8.97. The maximum Gasteiger partial charge on any atom is 0.255 e. The van der Waals surface area contributed by atoms with E-state index in [4.69, 9.17) is 5.73 Å². The lowest BCUT2D eigenvalue weighted by Gasteiger charge is -2.53. The number of ketones is 2. The van der Waals surface area contributed by atoms with Crippen LogP contribution in [0.15, 0.2) is 59.4 Å². The summed E-state index contributed by atoms with van der Waals surface area (Å²) in [6, 6.07) is 11.9. The molecule has 1 amide bonds. The van der Waals surface area contributed by atoms with Gasteiger partial charge in [-0.15, -0.1) is 0 Å². The number of rotatable bonds is 7. The van der Waals surface area contributed by atoms with Crippen LogP contribution in [-0.4, -0.2) is 86.3 Å². The van der Waals surface area contributed by atoms with Crippen LogP contribution in [0.25, 0.3) is 5.76 Å². The number of hydrogen-bond donors (Lipinski definition) is 7. The van der Waals surface area contributed by atoms with Gasteiger partial charge in [-0.25, -0.2) is 0 Å². The number of phenols is 1. The fourth-order valence-corrected chi connectivity index (χ4v) is 6.90. The molecular weight excluding hydrogens is 542 g/mol. The first kappa shape index (κ1) is 29.5. The third-order valence-corrected chi connectivity index (χ3v) is 8.96. The predicted octanol–water partition coefficient (Wildman–Crippen LogP) is 0.828. The molecule has 0 aromatic heterocycles. The second-order valence-electron chi connectivity index (χ2n) is 11.5. The summed E-state index contributed by atoms with van der Waals surface area (Å²) in [7, 11) is 2.94. The minimum Gasteiger partial charge on any atom is -0.508 e. The van der Waals surface area contributed by atoms with Crippen molar-refractivity contribution >= 4 is 23.2 Å². The number of amides is 1. The highest BCUT2D eigenvalue weighted by atomic mass is 16.4. The number of nitrogens with zero attached hydrogens (tertiary/aromatic N) is 1. The number of primary amides is 1. The number of hydrogen-bond acceptors (Lipinski definition) is 10. The van der Waals surface area contributed by atoms with Gasteiger partial charge in [-0.2, -0.15) is 0 Å². The van der Waals surface area contributed by atoms with Crippen molar-refractivity contribution in [3.05, 3.63) is 81.6 Å². The Morgan fingerprint density at radius 2 is 1.74 bits per heavy atom. The average molecular weight is 578 g/mol. The molecule has 1 fully saturated rings. The molecule has 0 aliphatic heterocycles. The maximum atomic E-state index is 14.1. The lowest BCUT2D eigenvalue weighted by molar-refractivity contribution is -0.169. The fourth-order valence-electron chi connectivity index (χ4n) is 6.90. The lowest BCUT2D eigenvalue weighted by atomic mass is 9.54. The average Bonchev–Trinajstić information content (AvgIpc) is 2.94. The zero-order valence-electron chi connectivity index (χ0n) is 23.5. The zero-order valence-corrected chi connectivity index (χ0v) is 23.5. The van der Waals surface area contributed by atoms with Crippen molar-refractivity contribution in [1.29, 1.82) is 0 Å². The molecule has 11 heteroatoms. The molecule has 0 saturated heterocycles. The van der Waals surface area contributed by atoms with Gasteiger partial charge in [0.2, 0.25) is 5.78 Å². The molecule has 0 heterocycles. The molecule has 2 aromatic rings. The number of phenolic OH excluding ortho intramolecular Hbond substituents is 1. The number of aliphatic hydroxyl groups excluding tert-OH is 3. The van der Waals surface area contributed by atoms with Crippen LogP contribution in [0.5, 0.6) is 5.75 Å². The SMILES string of the molecule is C[C@H]1c2ccc(CNCCc3ccccc3)c(O)c2C(O)=C2C(=O)[C@]3(O)C(O)=C(C(N)=O)C(=O)[C@@H](N(C)C)[C@@H]3[C@@H](O)[C@@H]21. The van der Waals surface area contributed by atoms with Gasteiger partial charge in [-0.3, -0.25) is 19.3 Å². The summed E-state index contributed by atoms with van der Waals surface area (Å²) in [5.41, 5.74) is 3.11. The van der Waals surface area contributed by atoms with Crippen molar-refractivity contribution in [3.63, 3.8) is 0 Å². The van der Waals surface area contributed by atoms with Gasteiger partial charge in [-0.1, -0.05) is 49.4 Å². The van der Waals surface area contributed by atoms with Crippen molar-refractivity contribution in [1.82, 2.24) is 10.2 Å². The van der Waals surface area contributed by atoms with E-state index in [-0.39, 0.29) is 17.9 Å². The Balaban J connectivity index is 1.57. The number of aromatic hydroxyl groups is 1. The van der Waals surface area contributed by atoms with Crippen LogP contribution >= 0.6 is 0 Å². The van der Waals surface area contributed by atoms with E-state index in [1.165, 1.54) is 19.0 Å². The molecule has 0 unspecified atom stereocenters. The van der Waals surface area contributed by atoms with E-state index in [9.17, 15) is 39.9 Å². The molecule has 3 aliphatic carbocycles. The van der Waals surface area contributed by atoms with Gasteiger partial charge < -0.3 is 36.6 Å².